The van der Waals surface area contributed by atoms with Crippen molar-refractivity contribution in [1.82, 2.24) is 10.6 Å². The number of hydrogen-bond donors (Lipinski definition) is 2. The van der Waals surface area contributed by atoms with Crippen LogP contribution in [-0.2, 0) is 10.8 Å². The van der Waals surface area contributed by atoms with Crippen molar-refractivity contribution in [3.05, 3.63) is 65.7 Å². The van der Waals surface area contributed by atoms with Gasteiger partial charge in [0.25, 0.3) is 0 Å². The third kappa shape index (κ3) is 6.64. The van der Waals surface area contributed by atoms with Crippen LogP contribution >= 0.6 is 0 Å². The summed E-state index contributed by atoms with van der Waals surface area (Å²) < 4.78 is 12.3. The standard InChI is InChI=1S/C21H29N3OS/c1-4-22-21(23-14-15-26(25)20-8-6-5-7-9-20)24-16-18(3)19-12-10-17(2)11-13-19/h5-13,18H,4,14-16H2,1-3H3,(H2,22,23,24). The Morgan fingerprint density at radius 1 is 1.08 bits per heavy atom. The molecule has 2 atom stereocenters. The zero-order chi connectivity index (χ0) is 18.8. The molecule has 0 bridgehead atoms. The number of benzene rings is 2. The maximum absolute atomic E-state index is 12.3. The summed E-state index contributed by atoms with van der Waals surface area (Å²) >= 11 is 0. The number of nitrogens with one attached hydrogen (secondary N) is 2. The molecule has 140 valence electrons. The Labute approximate surface area is 159 Å². The van der Waals surface area contributed by atoms with Crippen molar-refractivity contribution >= 4 is 16.8 Å². The molecular formula is C21H29N3OS. The number of hydrogen-bond acceptors (Lipinski definition) is 2. The molecule has 0 spiro atoms. The molecule has 2 N–H and O–H groups in total. The maximum atomic E-state index is 12.3. The minimum atomic E-state index is -0.994. The summed E-state index contributed by atoms with van der Waals surface area (Å²) in [5.41, 5.74) is 2.56. The van der Waals surface area contributed by atoms with E-state index in [0.29, 0.717) is 24.8 Å². The minimum Gasteiger partial charge on any atom is -0.357 e. The molecule has 4 nitrogen and oxygen atoms in total. The maximum Gasteiger partial charge on any atom is 0.191 e. The van der Waals surface area contributed by atoms with Gasteiger partial charge in [-0.25, -0.2) is 0 Å². The Balaban J connectivity index is 1.86. The van der Waals surface area contributed by atoms with E-state index < -0.39 is 10.8 Å². The molecule has 0 aliphatic rings. The largest absolute Gasteiger partial charge is 0.357 e. The van der Waals surface area contributed by atoms with Crippen LogP contribution in [0.2, 0.25) is 0 Å². The number of aryl methyl sites for hydroxylation is 1. The minimum absolute atomic E-state index is 0.351. The topological polar surface area (TPSA) is 53.5 Å². The van der Waals surface area contributed by atoms with Crippen molar-refractivity contribution < 1.29 is 4.21 Å². The fourth-order valence-corrected chi connectivity index (χ4v) is 3.51. The average Bonchev–Trinajstić information content (AvgIpc) is 2.67. The molecule has 0 saturated heterocycles. The van der Waals surface area contributed by atoms with Crippen LogP contribution in [0.25, 0.3) is 0 Å². The molecule has 5 heteroatoms. The van der Waals surface area contributed by atoms with Crippen molar-refractivity contribution in [2.24, 2.45) is 4.99 Å². The molecule has 0 saturated carbocycles. The highest BCUT2D eigenvalue weighted by molar-refractivity contribution is 7.85. The summed E-state index contributed by atoms with van der Waals surface area (Å²) in [6, 6.07) is 18.2. The summed E-state index contributed by atoms with van der Waals surface area (Å²) in [6.45, 7) is 8.45. The predicted octanol–water partition coefficient (Wildman–Crippen LogP) is 3.46. The lowest BCUT2D eigenvalue weighted by atomic mass is 10.0. The highest BCUT2D eigenvalue weighted by Crippen LogP contribution is 2.15. The van der Waals surface area contributed by atoms with Gasteiger partial charge in [0.15, 0.2) is 5.96 Å². The van der Waals surface area contributed by atoms with Gasteiger partial charge >= 0.3 is 0 Å². The van der Waals surface area contributed by atoms with Gasteiger partial charge in [-0.15, -0.1) is 0 Å². The van der Waals surface area contributed by atoms with Crippen molar-refractivity contribution in [2.75, 3.05) is 25.4 Å². The summed E-state index contributed by atoms with van der Waals surface area (Å²) in [6.07, 6.45) is 0. The highest BCUT2D eigenvalue weighted by atomic mass is 32.2. The van der Waals surface area contributed by atoms with Gasteiger partial charge in [0.1, 0.15) is 0 Å². The molecule has 0 fully saturated rings. The predicted molar refractivity (Wildman–Crippen MR) is 111 cm³/mol. The van der Waals surface area contributed by atoms with E-state index in [9.17, 15) is 4.21 Å². The molecular weight excluding hydrogens is 342 g/mol. The van der Waals surface area contributed by atoms with Crippen LogP contribution in [0.15, 0.2) is 64.5 Å². The number of aliphatic imine (C=N–C) groups is 1. The lowest BCUT2D eigenvalue weighted by molar-refractivity contribution is 0.681. The summed E-state index contributed by atoms with van der Waals surface area (Å²) in [5.74, 6) is 1.68. The Bertz CT molecular complexity index is 714. The van der Waals surface area contributed by atoms with E-state index in [1.165, 1.54) is 11.1 Å². The van der Waals surface area contributed by atoms with Crippen LogP contribution in [0.1, 0.15) is 30.9 Å². The third-order valence-electron chi connectivity index (χ3n) is 4.10. The van der Waals surface area contributed by atoms with Gasteiger partial charge in [0, 0.05) is 36.2 Å². The zero-order valence-corrected chi connectivity index (χ0v) is 16.7. The van der Waals surface area contributed by atoms with Crippen LogP contribution in [0.4, 0.5) is 0 Å². The fraction of sp³-hybridized carbons (Fsp3) is 0.381. The first-order valence-electron chi connectivity index (χ1n) is 9.12. The van der Waals surface area contributed by atoms with Crippen LogP contribution in [0.3, 0.4) is 0 Å². The van der Waals surface area contributed by atoms with Gasteiger partial charge in [0.2, 0.25) is 0 Å². The van der Waals surface area contributed by atoms with Gasteiger partial charge in [-0.1, -0.05) is 55.0 Å². The first-order valence-corrected chi connectivity index (χ1v) is 10.4. The molecule has 2 aromatic carbocycles. The first-order chi connectivity index (χ1) is 12.6. The molecule has 0 radical (unpaired) electrons. The van der Waals surface area contributed by atoms with E-state index in [-0.39, 0.29) is 0 Å². The Kier molecular flexibility index (Phi) is 8.35. The summed E-state index contributed by atoms with van der Waals surface area (Å²) in [5, 5.41) is 6.54. The lowest BCUT2D eigenvalue weighted by Gasteiger charge is -2.14. The highest BCUT2D eigenvalue weighted by Gasteiger charge is 2.07. The third-order valence-corrected chi connectivity index (χ3v) is 5.47. The summed E-state index contributed by atoms with van der Waals surface area (Å²) in [4.78, 5) is 5.54. The van der Waals surface area contributed by atoms with E-state index in [0.717, 1.165) is 17.4 Å². The second kappa shape index (κ2) is 10.8. The van der Waals surface area contributed by atoms with Crippen LogP contribution < -0.4 is 10.6 Å². The molecule has 0 aliphatic carbocycles. The molecule has 0 aliphatic heterocycles. The summed E-state index contributed by atoms with van der Waals surface area (Å²) in [7, 11) is -0.994. The van der Waals surface area contributed by atoms with Gasteiger partial charge < -0.3 is 10.6 Å². The van der Waals surface area contributed by atoms with E-state index in [1.807, 2.05) is 37.3 Å². The molecule has 0 amide bonds. The number of nitrogens with zero attached hydrogens (tertiary/aromatic N) is 1. The first kappa shape index (κ1) is 20.2. The van der Waals surface area contributed by atoms with E-state index in [1.54, 1.807) is 0 Å². The average molecular weight is 372 g/mol. The van der Waals surface area contributed by atoms with Crippen LogP contribution in [-0.4, -0.2) is 35.6 Å². The van der Waals surface area contributed by atoms with Crippen LogP contribution in [0.5, 0.6) is 0 Å². The number of rotatable bonds is 8. The van der Waals surface area contributed by atoms with Crippen molar-refractivity contribution in [3.8, 4) is 0 Å². The molecule has 26 heavy (non-hydrogen) atoms. The van der Waals surface area contributed by atoms with Gasteiger partial charge in [0.05, 0.1) is 10.8 Å². The van der Waals surface area contributed by atoms with Crippen molar-refractivity contribution in [3.63, 3.8) is 0 Å². The molecule has 2 unspecified atom stereocenters. The quantitative estimate of drug-likeness (QED) is 0.552. The Morgan fingerprint density at radius 2 is 1.77 bits per heavy atom. The van der Waals surface area contributed by atoms with E-state index >= 15 is 0 Å². The zero-order valence-electron chi connectivity index (χ0n) is 15.9. The normalized spacial score (nSPS) is 13.9. The van der Waals surface area contributed by atoms with E-state index in [2.05, 4.69) is 53.7 Å². The molecule has 2 rings (SSSR count). The second-order valence-electron chi connectivity index (χ2n) is 6.32. The molecule has 2 aromatic rings. The van der Waals surface area contributed by atoms with Gasteiger partial charge in [-0.05, 0) is 31.5 Å². The fourth-order valence-electron chi connectivity index (χ4n) is 2.52. The Hall–Kier alpha value is -2.14. The number of guanidine groups is 1. The van der Waals surface area contributed by atoms with Gasteiger partial charge in [-0.3, -0.25) is 9.20 Å². The van der Waals surface area contributed by atoms with Gasteiger partial charge in [-0.2, -0.15) is 0 Å². The lowest BCUT2D eigenvalue weighted by Crippen LogP contribution is -2.39. The smallest absolute Gasteiger partial charge is 0.191 e. The van der Waals surface area contributed by atoms with Crippen LogP contribution in [0, 0.1) is 6.92 Å². The monoisotopic (exact) mass is 371 g/mol. The second-order valence-corrected chi connectivity index (χ2v) is 7.89. The molecule has 0 aromatic heterocycles. The SMILES string of the molecule is CCNC(=NCC(C)c1ccc(C)cc1)NCCS(=O)c1ccccc1. The van der Waals surface area contributed by atoms with E-state index in [4.69, 9.17) is 0 Å². The van der Waals surface area contributed by atoms with Crippen molar-refractivity contribution in [1.29, 1.82) is 0 Å². The Morgan fingerprint density at radius 3 is 2.42 bits per heavy atom. The molecule has 0 heterocycles. The van der Waals surface area contributed by atoms with Crippen molar-refractivity contribution in [2.45, 2.75) is 31.6 Å².